The summed E-state index contributed by atoms with van der Waals surface area (Å²) in [5.41, 5.74) is -0.0571. The maximum atomic E-state index is 12.6. The van der Waals surface area contributed by atoms with E-state index in [1.807, 2.05) is 0 Å². The van der Waals surface area contributed by atoms with Gasteiger partial charge in [-0.05, 0) is 30.3 Å². The van der Waals surface area contributed by atoms with Gasteiger partial charge in [0.25, 0.3) is 5.56 Å². The first kappa shape index (κ1) is 22.5. The Morgan fingerprint density at radius 2 is 2.00 bits per heavy atom. The quantitative estimate of drug-likeness (QED) is 0.361. The van der Waals surface area contributed by atoms with E-state index in [9.17, 15) is 19.5 Å². The van der Waals surface area contributed by atoms with Gasteiger partial charge in [0.2, 0.25) is 11.0 Å². The van der Waals surface area contributed by atoms with Gasteiger partial charge >= 0.3 is 5.97 Å². The van der Waals surface area contributed by atoms with Crippen molar-refractivity contribution in [1.29, 1.82) is 5.41 Å². The molecule has 12 heteroatoms. The number of benzene rings is 1. The highest BCUT2D eigenvalue weighted by molar-refractivity contribution is 7.11. The largest absolute Gasteiger partial charge is 0.478 e. The monoisotopic (exact) mass is 493 g/mol. The Morgan fingerprint density at radius 3 is 2.77 bits per heavy atom. The SMILES string of the molecule is N=c1/c(=C/c2ccc(-c3cccc(C(=O)O)c3)o2)c(=O)nc2s/c(=C/C(=O)N3CCOCC3)[nH]n1-2. The summed E-state index contributed by atoms with van der Waals surface area (Å²) in [7, 11) is 0. The van der Waals surface area contributed by atoms with Crippen molar-refractivity contribution in [3.05, 3.63) is 73.4 Å². The van der Waals surface area contributed by atoms with Crippen LogP contribution in [0.2, 0.25) is 0 Å². The van der Waals surface area contributed by atoms with Crippen molar-refractivity contribution in [3.8, 4) is 16.5 Å². The number of carboxylic acids is 1. The third kappa shape index (κ3) is 4.56. The molecule has 3 N–H and O–H groups in total. The molecule has 0 bridgehead atoms. The molecule has 0 radical (unpaired) electrons. The molecule has 0 saturated carbocycles. The van der Waals surface area contributed by atoms with Gasteiger partial charge in [-0.1, -0.05) is 23.5 Å². The van der Waals surface area contributed by atoms with Crippen molar-refractivity contribution in [2.75, 3.05) is 26.3 Å². The lowest BCUT2D eigenvalue weighted by molar-refractivity contribution is -0.128. The van der Waals surface area contributed by atoms with Gasteiger partial charge in [-0.15, -0.1) is 0 Å². The van der Waals surface area contributed by atoms with Crippen molar-refractivity contribution in [3.63, 3.8) is 0 Å². The molecule has 1 saturated heterocycles. The molecule has 5 rings (SSSR count). The lowest BCUT2D eigenvalue weighted by Crippen LogP contribution is -2.47. The molecule has 11 nitrogen and oxygen atoms in total. The number of aromatic carboxylic acids is 1. The molecule has 178 valence electrons. The normalized spacial score (nSPS) is 15.1. The summed E-state index contributed by atoms with van der Waals surface area (Å²) in [5, 5.41) is 20.9. The minimum Gasteiger partial charge on any atom is -0.478 e. The summed E-state index contributed by atoms with van der Waals surface area (Å²) in [6.07, 6.45) is 2.82. The molecule has 35 heavy (non-hydrogen) atoms. The summed E-state index contributed by atoms with van der Waals surface area (Å²) in [4.78, 5) is 42.1. The minimum absolute atomic E-state index is 0.00259. The van der Waals surface area contributed by atoms with E-state index < -0.39 is 11.5 Å². The van der Waals surface area contributed by atoms with Crippen LogP contribution >= 0.6 is 11.3 Å². The number of aromatic amines is 1. The van der Waals surface area contributed by atoms with E-state index in [0.29, 0.717) is 48.1 Å². The lowest BCUT2D eigenvalue weighted by Gasteiger charge is -2.25. The van der Waals surface area contributed by atoms with Gasteiger partial charge in [0, 0.05) is 24.7 Å². The second kappa shape index (κ2) is 9.16. The highest BCUT2D eigenvalue weighted by atomic mass is 32.1. The standard InChI is InChI=1S/C23H19N5O6S/c24-20-16(11-15-4-5-17(34-15)13-2-1-3-14(10-13)22(31)32)21(30)25-23-28(20)26-18(35-23)12-19(29)27-6-8-33-9-7-27/h1-5,10-12,24,26H,6-9H2,(H,31,32)/b16-11-,18-12+,24-20?. The number of hydrogen-bond donors (Lipinski definition) is 3. The first-order valence-electron chi connectivity index (χ1n) is 10.6. The van der Waals surface area contributed by atoms with Crippen molar-refractivity contribution < 1.29 is 23.8 Å². The lowest BCUT2D eigenvalue weighted by atomic mass is 10.1. The van der Waals surface area contributed by atoms with E-state index in [4.69, 9.17) is 14.6 Å². The zero-order chi connectivity index (χ0) is 24.5. The molecule has 1 aromatic heterocycles. The van der Waals surface area contributed by atoms with Crippen LogP contribution < -0.4 is 20.9 Å². The number of nitrogens with zero attached hydrogens (tertiary/aromatic N) is 3. The zero-order valence-electron chi connectivity index (χ0n) is 18.2. The first-order valence-corrected chi connectivity index (χ1v) is 11.4. The van der Waals surface area contributed by atoms with Crippen LogP contribution in [0.5, 0.6) is 0 Å². The molecule has 0 unspecified atom stereocenters. The van der Waals surface area contributed by atoms with Gasteiger partial charge in [-0.3, -0.25) is 20.1 Å². The van der Waals surface area contributed by atoms with Crippen molar-refractivity contribution in [1.82, 2.24) is 19.7 Å². The molecule has 3 aliphatic rings. The zero-order valence-corrected chi connectivity index (χ0v) is 19.0. The number of morpholine rings is 1. The number of rotatable bonds is 4. The molecule has 1 fully saturated rings. The predicted octanol–water partition coefficient (Wildman–Crippen LogP) is -0.0343. The van der Waals surface area contributed by atoms with Gasteiger partial charge < -0.3 is 19.2 Å². The Hall–Kier alpha value is -4.29. The average molecular weight is 494 g/mol. The van der Waals surface area contributed by atoms with Crippen LogP contribution in [-0.2, 0) is 9.53 Å². The molecular formula is C23H19N5O6S. The fraction of sp³-hybridized carbons (Fsp3) is 0.174. The molecular weight excluding hydrogens is 474 g/mol. The number of carbonyl (C=O) groups is 2. The van der Waals surface area contributed by atoms with Crippen LogP contribution in [0, 0.1) is 5.41 Å². The van der Waals surface area contributed by atoms with Crippen LogP contribution in [0.4, 0.5) is 0 Å². The molecule has 0 aliphatic carbocycles. The van der Waals surface area contributed by atoms with Crippen molar-refractivity contribution >= 4 is 35.4 Å². The van der Waals surface area contributed by atoms with E-state index in [1.54, 1.807) is 29.2 Å². The summed E-state index contributed by atoms with van der Waals surface area (Å²) >= 11 is 1.09. The number of amides is 1. The Balaban J connectivity index is 1.51. The second-order valence-corrected chi connectivity index (χ2v) is 8.70. The highest BCUT2D eigenvalue weighted by Crippen LogP contribution is 2.23. The maximum Gasteiger partial charge on any atom is 0.335 e. The van der Waals surface area contributed by atoms with Gasteiger partial charge in [-0.25, -0.2) is 9.48 Å². The maximum absolute atomic E-state index is 12.6. The predicted molar refractivity (Wildman–Crippen MR) is 125 cm³/mol. The van der Waals surface area contributed by atoms with Gasteiger partial charge in [0.1, 0.15) is 16.2 Å². The minimum atomic E-state index is -1.05. The molecule has 2 aromatic rings. The number of aromatic nitrogens is 3. The highest BCUT2D eigenvalue weighted by Gasteiger charge is 2.16. The van der Waals surface area contributed by atoms with Gasteiger partial charge in [0.15, 0.2) is 5.49 Å². The summed E-state index contributed by atoms with van der Waals surface area (Å²) in [5.74, 6) is -0.516. The number of ether oxygens (including phenoxy) is 1. The molecule has 4 heterocycles. The third-order valence-corrected chi connectivity index (χ3v) is 6.29. The Bertz CT molecular complexity index is 1640. The molecule has 3 aliphatic heterocycles. The fourth-order valence-corrected chi connectivity index (χ4v) is 4.48. The van der Waals surface area contributed by atoms with Gasteiger partial charge in [0.05, 0.1) is 24.0 Å². The van der Waals surface area contributed by atoms with E-state index in [-0.39, 0.29) is 27.3 Å². The van der Waals surface area contributed by atoms with Crippen molar-refractivity contribution in [2.45, 2.75) is 0 Å². The van der Waals surface area contributed by atoms with Crippen LogP contribution in [-0.4, -0.2) is 63.0 Å². The number of carboxylic acid groups (broad SMARTS) is 1. The van der Waals surface area contributed by atoms with Crippen LogP contribution in [0.1, 0.15) is 16.1 Å². The van der Waals surface area contributed by atoms with Crippen LogP contribution in [0.15, 0.2) is 45.6 Å². The molecule has 1 amide bonds. The Labute approximate surface area is 200 Å². The summed E-state index contributed by atoms with van der Waals surface area (Å²) < 4.78 is 12.8. The molecule has 1 aromatic carbocycles. The third-order valence-electron chi connectivity index (χ3n) is 5.41. The number of hydrogen-bond acceptors (Lipinski definition) is 8. The van der Waals surface area contributed by atoms with Crippen LogP contribution in [0.3, 0.4) is 0 Å². The Kier molecular flexibility index (Phi) is 5.89. The Morgan fingerprint density at radius 1 is 1.20 bits per heavy atom. The number of fused-ring (bicyclic) bond motifs is 1. The van der Waals surface area contributed by atoms with E-state index in [2.05, 4.69) is 10.1 Å². The van der Waals surface area contributed by atoms with E-state index in [1.165, 1.54) is 29.0 Å². The first-order chi connectivity index (χ1) is 16.9. The number of H-pyrrole nitrogens is 1. The van der Waals surface area contributed by atoms with Gasteiger partial charge in [-0.2, -0.15) is 4.98 Å². The van der Waals surface area contributed by atoms with E-state index >= 15 is 0 Å². The van der Waals surface area contributed by atoms with Crippen LogP contribution in [0.25, 0.3) is 28.6 Å². The summed E-state index contributed by atoms with van der Waals surface area (Å²) in [6.45, 7) is 1.98. The summed E-state index contributed by atoms with van der Waals surface area (Å²) in [6, 6.07) is 9.56. The molecule has 0 atom stereocenters. The average Bonchev–Trinajstić information content (AvgIpc) is 3.49. The molecule has 0 spiro atoms. The number of carbonyl (C=O) groups excluding carboxylic acids is 1. The van der Waals surface area contributed by atoms with Crippen molar-refractivity contribution in [2.24, 2.45) is 0 Å². The second-order valence-electron chi connectivity index (χ2n) is 7.69. The van der Waals surface area contributed by atoms with E-state index in [0.717, 1.165) is 11.3 Å². The topological polar surface area (TPSA) is 155 Å². The number of furan rings is 1. The number of nitrogens with one attached hydrogen (secondary N) is 2. The fourth-order valence-electron chi connectivity index (χ4n) is 3.63. The smallest absolute Gasteiger partial charge is 0.335 e.